The summed E-state index contributed by atoms with van der Waals surface area (Å²) in [5.74, 6) is 0.903. The minimum Gasteiger partial charge on any atom is -0.329 e. The summed E-state index contributed by atoms with van der Waals surface area (Å²) in [5.41, 5.74) is 2.36. The van der Waals surface area contributed by atoms with Gasteiger partial charge in [0.2, 0.25) is 0 Å². The van der Waals surface area contributed by atoms with Gasteiger partial charge in [0.15, 0.2) is 0 Å². The molecule has 0 saturated heterocycles. The van der Waals surface area contributed by atoms with Crippen molar-refractivity contribution in [3.05, 3.63) is 49.3 Å². The molecule has 2 heteroatoms. The van der Waals surface area contributed by atoms with Crippen molar-refractivity contribution in [2.24, 2.45) is 0 Å². The third kappa shape index (κ3) is 1.47. The average Bonchev–Trinajstić information content (AvgIpc) is 2.53. The van der Waals surface area contributed by atoms with E-state index in [1.54, 1.807) is 10.8 Å². The first-order valence-corrected chi connectivity index (χ1v) is 4.18. The van der Waals surface area contributed by atoms with Crippen LogP contribution in [0, 0.1) is 14.0 Å². The average molecular weight is 171 g/mol. The lowest BCUT2D eigenvalue weighted by molar-refractivity contribution is 1.07. The highest BCUT2D eigenvalue weighted by molar-refractivity contribution is 5.56. The third-order valence-corrected chi connectivity index (χ3v) is 2.03. The summed E-state index contributed by atoms with van der Waals surface area (Å²) in [4.78, 5) is 4.22. The number of imidazole rings is 1. The van der Waals surface area contributed by atoms with Gasteiger partial charge in [-0.2, -0.15) is 0 Å². The van der Waals surface area contributed by atoms with E-state index in [1.165, 1.54) is 5.56 Å². The smallest absolute Gasteiger partial charge is 0.139 e. The molecule has 0 bridgehead atoms. The molecule has 1 aromatic heterocycles. The maximum atomic E-state index is 4.22. The summed E-state index contributed by atoms with van der Waals surface area (Å²) in [6.45, 7) is 2.07. The second-order valence-corrected chi connectivity index (χ2v) is 3.09. The number of aryl methyl sites for hydroxylation is 1. The molecule has 0 atom stereocenters. The molecule has 0 amide bonds. The minimum atomic E-state index is 0.903. The van der Waals surface area contributed by atoms with Gasteiger partial charge in [-0.1, -0.05) is 29.8 Å². The zero-order valence-corrected chi connectivity index (χ0v) is 7.57. The summed E-state index contributed by atoms with van der Waals surface area (Å²) in [6, 6.07) is 8.26. The van der Waals surface area contributed by atoms with E-state index in [-0.39, 0.29) is 0 Å². The van der Waals surface area contributed by atoms with Crippen LogP contribution in [0.25, 0.3) is 11.4 Å². The van der Waals surface area contributed by atoms with E-state index in [9.17, 15) is 0 Å². The van der Waals surface area contributed by atoms with Crippen molar-refractivity contribution >= 4 is 0 Å². The van der Waals surface area contributed by atoms with Crippen LogP contribution in [-0.2, 0) is 0 Å². The first-order chi connectivity index (χ1) is 6.27. The fourth-order valence-electron chi connectivity index (χ4n) is 1.27. The summed E-state index contributed by atoms with van der Waals surface area (Å²) < 4.78 is 1.77. The third-order valence-electron chi connectivity index (χ3n) is 2.03. The summed E-state index contributed by atoms with van der Waals surface area (Å²) in [5, 5.41) is 0. The van der Waals surface area contributed by atoms with Crippen LogP contribution in [0.4, 0.5) is 0 Å². The maximum absolute atomic E-state index is 4.22. The molecule has 1 aromatic carbocycles. The molecule has 65 valence electrons. The quantitative estimate of drug-likeness (QED) is 0.644. The summed E-state index contributed by atoms with van der Waals surface area (Å²) in [7, 11) is 3.83. The topological polar surface area (TPSA) is 17.8 Å². The van der Waals surface area contributed by atoms with Crippen molar-refractivity contribution in [3.8, 4) is 11.4 Å². The summed E-state index contributed by atoms with van der Waals surface area (Å²) in [6.07, 6.45) is 3.59. The number of nitrogens with zero attached hydrogens (tertiary/aromatic N) is 2. The maximum Gasteiger partial charge on any atom is 0.139 e. The van der Waals surface area contributed by atoms with Crippen molar-refractivity contribution in [2.75, 3.05) is 0 Å². The van der Waals surface area contributed by atoms with Gasteiger partial charge in [0.1, 0.15) is 5.82 Å². The number of benzene rings is 1. The fourth-order valence-corrected chi connectivity index (χ4v) is 1.27. The SMILES string of the molecule is [CH2]n1ccnc1-c1ccc(C)cc1. The van der Waals surface area contributed by atoms with Crippen LogP contribution in [0.2, 0.25) is 0 Å². The zero-order valence-electron chi connectivity index (χ0n) is 7.57. The molecule has 1 heterocycles. The van der Waals surface area contributed by atoms with Gasteiger partial charge >= 0.3 is 0 Å². The van der Waals surface area contributed by atoms with E-state index >= 15 is 0 Å². The van der Waals surface area contributed by atoms with Gasteiger partial charge in [0.05, 0.1) is 0 Å². The molecule has 0 N–H and O–H groups in total. The van der Waals surface area contributed by atoms with Gasteiger partial charge in [0, 0.05) is 25.0 Å². The lowest BCUT2D eigenvalue weighted by atomic mass is 10.1. The zero-order chi connectivity index (χ0) is 9.26. The van der Waals surface area contributed by atoms with Gasteiger partial charge in [-0.3, -0.25) is 0 Å². The predicted molar refractivity (Wildman–Crippen MR) is 53.2 cm³/mol. The number of rotatable bonds is 1. The molecule has 0 unspecified atom stereocenters. The van der Waals surface area contributed by atoms with Gasteiger partial charge in [0.25, 0.3) is 0 Å². The fraction of sp³-hybridized carbons (Fsp3) is 0.0909. The Kier molecular flexibility index (Phi) is 1.89. The highest BCUT2D eigenvalue weighted by Crippen LogP contribution is 2.16. The van der Waals surface area contributed by atoms with Gasteiger partial charge in [-0.05, 0) is 6.92 Å². The molecular weight excluding hydrogens is 160 g/mol. The standard InChI is InChI=1S/C11H11N2/c1-9-3-5-10(6-4-9)11-12-7-8-13(11)2/h3-8H,2H2,1H3. The molecule has 2 rings (SSSR count). The van der Waals surface area contributed by atoms with Gasteiger partial charge in [-0.15, -0.1) is 0 Å². The highest BCUT2D eigenvalue weighted by Gasteiger charge is 2.01. The van der Waals surface area contributed by atoms with E-state index in [4.69, 9.17) is 0 Å². The van der Waals surface area contributed by atoms with Crippen molar-refractivity contribution in [2.45, 2.75) is 6.92 Å². The second kappa shape index (κ2) is 3.05. The van der Waals surface area contributed by atoms with Crippen LogP contribution in [-0.4, -0.2) is 9.55 Å². The molecule has 0 aliphatic carbocycles. The van der Waals surface area contributed by atoms with Crippen LogP contribution >= 0.6 is 0 Å². The van der Waals surface area contributed by atoms with Crippen molar-refractivity contribution < 1.29 is 0 Å². The van der Waals surface area contributed by atoms with Crippen LogP contribution in [0.3, 0.4) is 0 Å². The summed E-state index contributed by atoms with van der Waals surface area (Å²) >= 11 is 0. The first-order valence-electron chi connectivity index (χ1n) is 4.18. The van der Waals surface area contributed by atoms with E-state index in [0.717, 1.165) is 11.4 Å². The van der Waals surface area contributed by atoms with Crippen LogP contribution in [0.15, 0.2) is 36.7 Å². The van der Waals surface area contributed by atoms with E-state index < -0.39 is 0 Å². The Labute approximate surface area is 77.9 Å². The Balaban J connectivity index is 2.47. The second-order valence-electron chi connectivity index (χ2n) is 3.09. The first kappa shape index (κ1) is 8.05. The Hall–Kier alpha value is -1.57. The largest absolute Gasteiger partial charge is 0.329 e. The lowest BCUT2D eigenvalue weighted by Crippen LogP contribution is -1.88. The molecule has 0 saturated carbocycles. The van der Waals surface area contributed by atoms with Gasteiger partial charge in [-0.25, -0.2) is 4.98 Å². The normalized spacial score (nSPS) is 10.3. The van der Waals surface area contributed by atoms with Crippen molar-refractivity contribution in [1.82, 2.24) is 9.55 Å². The number of hydrogen-bond donors (Lipinski definition) is 0. The van der Waals surface area contributed by atoms with E-state index in [1.807, 2.05) is 6.20 Å². The van der Waals surface area contributed by atoms with Crippen LogP contribution in [0.5, 0.6) is 0 Å². The molecule has 13 heavy (non-hydrogen) atoms. The molecule has 0 aliphatic heterocycles. The Bertz CT molecular complexity index is 398. The van der Waals surface area contributed by atoms with E-state index in [2.05, 4.69) is 43.2 Å². The minimum absolute atomic E-state index is 0.903. The Morgan fingerprint density at radius 1 is 1.23 bits per heavy atom. The molecule has 1 radical (unpaired) electrons. The molecule has 0 spiro atoms. The van der Waals surface area contributed by atoms with E-state index in [0.29, 0.717) is 0 Å². The highest BCUT2D eigenvalue weighted by atomic mass is 15.0. The van der Waals surface area contributed by atoms with Gasteiger partial charge < -0.3 is 4.57 Å². The Morgan fingerprint density at radius 3 is 2.46 bits per heavy atom. The number of aromatic nitrogens is 2. The monoisotopic (exact) mass is 171 g/mol. The Morgan fingerprint density at radius 2 is 1.92 bits per heavy atom. The predicted octanol–water partition coefficient (Wildman–Crippen LogP) is 2.50. The number of hydrogen-bond acceptors (Lipinski definition) is 1. The molecule has 0 aliphatic rings. The van der Waals surface area contributed by atoms with Crippen molar-refractivity contribution in [1.29, 1.82) is 0 Å². The molecule has 0 fully saturated rings. The van der Waals surface area contributed by atoms with Crippen LogP contribution < -0.4 is 0 Å². The lowest BCUT2D eigenvalue weighted by Gasteiger charge is -2.01. The van der Waals surface area contributed by atoms with Crippen molar-refractivity contribution in [3.63, 3.8) is 0 Å². The van der Waals surface area contributed by atoms with Crippen LogP contribution in [0.1, 0.15) is 5.56 Å². The molecule has 2 nitrogen and oxygen atoms in total. The molecular formula is C11H11N2. The molecule has 2 aromatic rings.